The van der Waals surface area contributed by atoms with Gasteiger partial charge in [-0.05, 0) is 54.4 Å². The second-order valence-corrected chi connectivity index (χ2v) is 5.93. The average molecular weight is 350 g/mol. The highest BCUT2D eigenvalue weighted by molar-refractivity contribution is 6.05. The fourth-order valence-electron chi connectivity index (χ4n) is 2.42. The summed E-state index contributed by atoms with van der Waals surface area (Å²) >= 11 is 0. The Kier molecular flexibility index (Phi) is 4.84. The van der Waals surface area contributed by atoms with Gasteiger partial charge in [0, 0.05) is 18.0 Å². The molecule has 1 N–H and O–H groups in total. The van der Waals surface area contributed by atoms with Gasteiger partial charge in [0.2, 0.25) is 0 Å². The SMILES string of the molecule is CC(=O)O/N=c1/oc2ccccc2cc1C(=O)Nc1ccc(C)c(C)c1. The second-order valence-electron chi connectivity index (χ2n) is 5.93. The van der Waals surface area contributed by atoms with Crippen LogP contribution >= 0.6 is 0 Å². The molecule has 0 aliphatic rings. The number of aryl methyl sites for hydroxylation is 2. The van der Waals surface area contributed by atoms with Gasteiger partial charge in [0.1, 0.15) is 11.1 Å². The molecule has 1 heterocycles. The quantitative estimate of drug-likeness (QED) is 0.577. The Morgan fingerprint density at radius 3 is 2.54 bits per heavy atom. The number of carbonyl (C=O) groups excluding carboxylic acids is 2. The molecule has 0 bridgehead atoms. The zero-order chi connectivity index (χ0) is 18.7. The minimum absolute atomic E-state index is 0.0692. The van der Waals surface area contributed by atoms with Crippen LogP contribution in [0.2, 0.25) is 0 Å². The van der Waals surface area contributed by atoms with Crippen molar-refractivity contribution < 1.29 is 18.8 Å². The summed E-state index contributed by atoms with van der Waals surface area (Å²) in [6, 6.07) is 14.5. The van der Waals surface area contributed by atoms with Gasteiger partial charge in [-0.3, -0.25) is 4.79 Å². The summed E-state index contributed by atoms with van der Waals surface area (Å²) in [4.78, 5) is 28.5. The molecule has 1 aromatic heterocycles. The first-order valence-electron chi connectivity index (χ1n) is 8.07. The van der Waals surface area contributed by atoms with E-state index in [4.69, 9.17) is 4.42 Å². The normalized spacial score (nSPS) is 11.4. The minimum atomic E-state index is -0.603. The molecule has 0 fully saturated rings. The first kappa shape index (κ1) is 17.4. The third-order valence-corrected chi connectivity index (χ3v) is 3.92. The minimum Gasteiger partial charge on any atom is -0.435 e. The van der Waals surface area contributed by atoms with Crippen LogP contribution in [0.15, 0.2) is 58.1 Å². The van der Waals surface area contributed by atoms with Gasteiger partial charge < -0.3 is 14.6 Å². The highest BCUT2D eigenvalue weighted by Crippen LogP contribution is 2.17. The van der Waals surface area contributed by atoms with Crippen LogP contribution < -0.4 is 10.9 Å². The number of hydrogen-bond acceptors (Lipinski definition) is 5. The number of anilines is 1. The van der Waals surface area contributed by atoms with Crippen molar-refractivity contribution in [1.29, 1.82) is 0 Å². The highest BCUT2D eigenvalue weighted by atomic mass is 16.7. The van der Waals surface area contributed by atoms with E-state index in [1.54, 1.807) is 18.2 Å². The highest BCUT2D eigenvalue weighted by Gasteiger charge is 2.14. The fraction of sp³-hybridized carbons (Fsp3) is 0.150. The molecule has 0 unspecified atom stereocenters. The molecular formula is C20H18N2O4. The number of para-hydroxylation sites is 1. The van der Waals surface area contributed by atoms with E-state index < -0.39 is 11.9 Å². The molecule has 3 rings (SSSR count). The third kappa shape index (κ3) is 3.80. The van der Waals surface area contributed by atoms with Crippen LogP contribution in [0.1, 0.15) is 28.4 Å². The van der Waals surface area contributed by atoms with Crippen molar-refractivity contribution in [2.75, 3.05) is 5.32 Å². The van der Waals surface area contributed by atoms with E-state index in [0.717, 1.165) is 16.5 Å². The summed E-state index contributed by atoms with van der Waals surface area (Å²) in [5.41, 5.74) is 3.49. The van der Waals surface area contributed by atoms with Gasteiger partial charge in [-0.25, -0.2) is 4.79 Å². The fourth-order valence-corrected chi connectivity index (χ4v) is 2.42. The monoisotopic (exact) mass is 350 g/mol. The number of hydrogen-bond donors (Lipinski definition) is 1. The molecule has 132 valence electrons. The van der Waals surface area contributed by atoms with Gasteiger partial charge in [0.15, 0.2) is 0 Å². The van der Waals surface area contributed by atoms with E-state index in [1.807, 2.05) is 44.2 Å². The smallest absolute Gasteiger partial charge is 0.332 e. The van der Waals surface area contributed by atoms with Crippen LogP contribution in [-0.2, 0) is 9.63 Å². The van der Waals surface area contributed by atoms with E-state index in [-0.39, 0.29) is 11.1 Å². The van der Waals surface area contributed by atoms with Gasteiger partial charge in [0.05, 0.1) is 0 Å². The summed E-state index contributed by atoms with van der Waals surface area (Å²) in [5.74, 6) is -1.01. The Balaban J connectivity index is 2.04. The van der Waals surface area contributed by atoms with E-state index in [2.05, 4.69) is 15.3 Å². The lowest BCUT2D eigenvalue weighted by atomic mass is 10.1. The average Bonchev–Trinajstić information content (AvgIpc) is 2.62. The number of nitrogens with zero attached hydrogens (tertiary/aromatic N) is 1. The van der Waals surface area contributed by atoms with E-state index in [0.29, 0.717) is 11.3 Å². The first-order chi connectivity index (χ1) is 12.4. The first-order valence-corrected chi connectivity index (χ1v) is 8.07. The lowest BCUT2D eigenvalue weighted by Gasteiger charge is -2.08. The van der Waals surface area contributed by atoms with Crippen molar-refractivity contribution >= 4 is 28.5 Å². The van der Waals surface area contributed by atoms with Crippen molar-refractivity contribution in [2.24, 2.45) is 5.16 Å². The van der Waals surface area contributed by atoms with Gasteiger partial charge in [-0.15, -0.1) is 0 Å². The van der Waals surface area contributed by atoms with Gasteiger partial charge in [0.25, 0.3) is 11.5 Å². The number of benzene rings is 2. The molecule has 0 saturated heterocycles. The van der Waals surface area contributed by atoms with E-state index in [9.17, 15) is 9.59 Å². The van der Waals surface area contributed by atoms with Gasteiger partial charge >= 0.3 is 5.97 Å². The summed E-state index contributed by atoms with van der Waals surface area (Å²) in [6.07, 6.45) is 0. The van der Waals surface area contributed by atoms with Gasteiger partial charge in [-0.1, -0.05) is 24.3 Å². The van der Waals surface area contributed by atoms with Crippen molar-refractivity contribution in [3.8, 4) is 0 Å². The van der Waals surface area contributed by atoms with E-state index in [1.165, 1.54) is 6.92 Å². The van der Waals surface area contributed by atoms with E-state index >= 15 is 0 Å². The topological polar surface area (TPSA) is 80.9 Å². The molecule has 0 aliphatic carbocycles. The molecule has 1 amide bonds. The maximum Gasteiger partial charge on any atom is 0.332 e. The molecule has 0 radical (unpaired) electrons. The van der Waals surface area contributed by atoms with Crippen LogP contribution in [0, 0.1) is 13.8 Å². The number of fused-ring (bicyclic) bond motifs is 1. The third-order valence-electron chi connectivity index (χ3n) is 3.92. The van der Waals surface area contributed by atoms with Gasteiger partial charge in [-0.2, -0.15) is 0 Å². The molecule has 6 heteroatoms. The molecule has 26 heavy (non-hydrogen) atoms. The zero-order valence-corrected chi connectivity index (χ0v) is 14.7. The van der Waals surface area contributed by atoms with Crippen molar-refractivity contribution in [2.45, 2.75) is 20.8 Å². The number of amides is 1. The molecular weight excluding hydrogens is 332 g/mol. The molecule has 0 spiro atoms. The summed E-state index contributed by atoms with van der Waals surface area (Å²) in [7, 11) is 0. The molecule has 0 saturated carbocycles. The van der Waals surface area contributed by atoms with Crippen LogP contribution in [0.25, 0.3) is 11.0 Å². The zero-order valence-electron chi connectivity index (χ0n) is 14.7. The Morgan fingerprint density at radius 1 is 1.04 bits per heavy atom. The Bertz CT molecular complexity index is 1070. The van der Waals surface area contributed by atoms with Crippen LogP contribution in [0.4, 0.5) is 5.69 Å². The van der Waals surface area contributed by atoms with Crippen LogP contribution in [0.5, 0.6) is 0 Å². The predicted octanol–water partition coefficient (Wildman–Crippen LogP) is 3.68. The Hall–Kier alpha value is -3.41. The number of rotatable bonds is 3. The standard InChI is InChI=1S/C20H18N2O4/c1-12-8-9-16(10-13(12)2)21-19(24)17-11-15-6-4-5-7-18(15)25-20(17)22-26-14(3)23/h4-11H,1-3H3,(H,21,24)/b22-20+. The molecule has 2 aromatic carbocycles. The molecule has 6 nitrogen and oxygen atoms in total. The maximum absolute atomic E-state index is 12.7. The number of carbonyl (C=O) groups is 2. The number of nitrogens with one attached hydrogen (secondary N) is 1. The maximum atomic E-state index is 12.7. The second kappa shape index (κ2) is 7.23. The summed E-state index contributed by atoms with van der Waals surface area (Å²) < 4.78 is 5.64. The van der Waals surface area contributed by atoms with Crippen molar-refractivity contribution in [3.63, 3.8) is 0 Å². The molecule has 0 aliphatic heterocycles. The molecule has 0 atom stereocenters. The van der Waals surface area contributed by atoms with Crippen molar-refractivity contribution in [1.82, 2.24) is 0 Å². The van der Waals surface area contributed by atoms with Crippen LogP contribution in [0.3, 0.4) is 0 Å². The van der Waals surface area contributed by atoms with Crippen LogP contribution in [-0.4, -0.2) is 11.9 Å². The largest absolute Gasteiger partial charge is 0.435 e. The Morgan fingerprint density at radius 2 is 1.81 bits per heavy atom. The van der Waals surface area contributed by atoms with Crippen molar-refractivity contribution in [3.05, 3.63) is 70.8 Å². The lowest BCUT2D eigenvalue weighted by Crippen LogP contribution is -2.22. The summed E-state index contributed by atoms with van der Waals surface area (Å²) in [5, 5.41) is 7.23. The lowest BCUT2D eigenvalue weighted by molar-refractivity contribution is -0.141. The Labute approximate surface area is 150 Å². The molecule has 3 aromatic rings. The predicted molar refractivity (Wildman–Crippen MR) is 97.4 cm³/mol. The summed E-state index contributed by atoms with van der Waals surface area (Å²) in [6.45, 7) is 5.19.